The lowest BCUT2D eigenvalue weighted by molar-refractivity contribution is 0.134. The molecule has 2 N–H and O–H groups in total. The van der Waals surface area contributed by atoms with Gasteiger partial charge in [-0.05, 0) is 12.8 Å². The van der Waals surface area contributed by atoms with E-state index in [0.29, 0.717) is 0 Å². The van der Waals surface area contributed by atoms with Crippen LogP contribution >= 0.6 is 0 Å². The molecule has 1 saturated carbocycles. The Morgan fingerprint density at radius 3 is 2.11 bits per heavy atom. The number of sulfone groups is 1. The van der Waals surface area contributed by atoms with E-state index in [1.165, 1.54) is 0 Å². The fourth-order valence-corrected chi connectivity index (χ4v) is 4.87. The molecule has 0 unspecified atom stereocenters. The maximum atomic E-state index is 11.6. The van der Waals surface area contributed by atoms with Crippen LogP contribution in [0.4, 0.5) is 0 Å². The van der Waals surface area contributed by atoms with E-state index >= 15 is 0 Å². The summed E-state index contributed by atoms with van der Waals surface area (Å²) < 4.78 is 47.5. The summed E-state index contributed by atoms with van der Waals surface area (Å²) in [7, 11) is -6.87. The summed E-state index contributed by atoms with van der Waals surface area (Å²) in [5.41, 5.74) is -0.363. The van der Waals surface area contributed by atoms with Gasteiger partial charge >= 0.3 is 0 Å². The molecular formula is C10H21NO5S2. The Bertz CT molecular complexity index is 462. The van der Waals surface area contributed by atoms with Crippen molar-refractivity contribution in [2.75, 3.05) is 30.9 Å². The van der Waals surface area contributed by atoms with Crippen molar-refractivity contribution >= 4 is 19.9 Å². The number of aliphatic hydroxyl groups is 1. The molecule has 0 spiro atoms. The molecular weight excluding hydrogens is 278 g/mol. The summed E-state index contributed by atoms with van der Waals surface area (Å²) in [4.78, 5) is 0. The first-order valence-electron chi connectivity index (χ1n) is 5.94. The van der Waals surface area contributed by atoms with Crippen LogP contribution in [0.2, 0.25) is 0 Å². The number of nitrogens with one attached hydrogen (secondary N) is 1. The summed E-state index contributed by atoms with van der Waals surface area (Å²) in [6.45, 7) is 0.150. The van der Waals surface area contributed by atoms with E-state index in [9.17, 15) is 21.9 Å². The molecule has 0 radical (unpaired) electrons. The first kappa shape index (κ1) is 15.9. The molecule has 1 rings (SSSR count). The maximum absolute atomic E-state index is 11.6. The predicted molar refractivity (Wildman–Crippen MR) is 69.5 cm³/mol. The van der Waals surface area contributed by atoms with Crippen LogP contribution in [0.15, 0.2) is 0 Å². The summed E-state index contributed by atoms with van der Waals surface area (Å²) in [5.74, 6) is -0.804. The van der Waals surface area contributed by atoms with Crippen molar-refractivity contribution in [1.82, 2.24) is 4.72 Å². The van der Waals surface area contributed by atoms with Crippen LogP contribution < -0.4 is 4.72 Å². The quantitative estimate of drug-likeness (QED) is 0.660. The van der Waals surface area contributed by atoms with Gasteiger partial charge in [0.1, 0.15) is 9.84 Å². The SMILES string of the molecule is CS(=O)(=O)CCS(=O)(=O)NCC1(CO)CCCC1. The van der Waals surface area contributed by atoms with Crippen molar-refractivity contribution in [3.8, 4) is 0 Å². The molecule has 0 saturated heterocycles. The van der Waals surface area contributed by atoms with E-state index in [1.54, 1.807) is 0 Å². The van der Waals surface area contributed by atoms with Gasteiger partial charge in [0.25, 0.3) is 0 Å². The van der Waals surface area contributed by atoms with Gasteiger partial charge in [-0.1, -0.05) is 12.8 Å². The minimum absolute atomic E-state index is 0.0401. The molecule has 0 amide bonds. The van der Waals surface area contributed by atoms with Gasteiger partial charge in [0.05, 0.1) is 11.5 Å². The highest BCUT2D eigenvalue weighted by atomic mass is 32.2. The van der Waals surface area contributed by atoms with E-state index in [4.69, 9.17) is 0 Å². The van der Waals surface area contributed by atoms with Crippen LogP contribution in [-0.2, 0) is 19.9 Å². The van der Waals surface area contributed by atoms with Crippen LogP contribution in [0.3, 0.4) is 0 Å². The van der Waals surface area contributed by atoms with E-state index in [2.05, 4.69) is 4.72 Å². The molecule has 18 heavy (non-hydrogen) atoms. The van der Waals surface area contributed by atoms with E-state index < -0.39 is 25.6 Å². The highest BCUT2D eigenvalue weighted by Crippen LogP contribution is 2.36. The Labute approximate surface area is 109 Å². The Morgan fingerprint density at radius 2 is 1.67 bits per heavy atom. The Morgan fingerprint density at radius 1 is 1.11 bits per heavy atom. The molecule has 0 heterocycles. The minimum atomic E-state index is -3.59. The maximum Gasteiger partial charge on any atom is 0.212 e. The van der Waals surface area contributed by atoms with Gasteiger partial charge in [0.15, 0.2) is 0 Å². The van der Waals surface area contributed by atoms with Gasteiger partial charge in [-0.25, -0.2) is 21.6 Å². The summed E-state index contributed by atoms with van der Waals surface area (Å²) in [6.07, 6.45) is 4.60. The van der Waals surface area contributed by atoms with Gasteiger partial charge in [0.2, 0.25) is 10.0 Å². The molecule has 0 bridgehead atoms. The average molecular weight is 299 g/mol. The monoisotopic (exact) mass is 299 g/mol. The number of hydrogen-bond donors (Lipinski definition) is 2. The number of aliphatic hydroxyl groups excluding tert-OH is 1. The molecule has 108 valence electrons. The zero-order valence-corrected chi connectivity index (χ0v) is 12.2. The van der Waals surface area contributed by atoms with Gasteiger partial charge in [-0.2, -0.15) is 0 Å². The first-order valence-corrected chi connectivity index (χ1v) is 9.65. The summed E-state index contributed by atoms with van der Waals surface area (Å²) in [5, 5.41) is 9.34. The van der Waals surface area contributed by atoms with Crippen LogP contribution in [0, 0.1) is 5.41 Å². The molecule has 0 atom stereocenters. The smallest absolute Gasteiger partial charge is 0.212 e. The number of sulfonamides is 1. The summed E-state index contributed by atoms with van der Waals surface area (Å²) in [6, 6.07) is 0. The lowest BCUT2D eigenvalue weighted by Crippen LogP contribution is -2.40. The Kier molecular flexibility index (Phi) is 5.16. The van der Waals surface area contributed by atoms with Crippen LogP contribution in [-0.4, -0.2) is 52.9 Å². The average Bonchev–Trinajstić information content (AvgIpc) is 2.73. The molecule has 0 aromatic heterocycles. The zero-order chi connectivity index (χ0) is 13.9. The lowest BCUT2D eigenvalue weighted by Gasteiger charge is -2.26. The van der Waals surface area contributed by atoms with Crippen LogP contribution in [0.1, 0.15) is 25.7 Å². The minimum Gasteiger partial charge on any atom is -0.396 e. The first-order chi connectivity index (χ1) is 8.18. The Hall–Kier alpha value is -0.180. The van der Waals surface area contributed by atoms with Crippen molar-refractivity contribution in [3.63, 3.8) is 0 Å². The standard InChI is InChI=1S/C10H21NO5S2/c1-17(13,14)6-7-18(15,16)11-8-10(9-12)4-2-3-5-10/h11-12H,2-9H2,1H3. The van der Waals surface area contributed by atoms with Gasteiger partial charge < -0.3 is 5.11 Å². The Balaban J connectivity index is 2.51. The molecule has 1 fully saturated rings. The molecule has 1 aliphatic carbocycles. The van der Waals surface area contributed by atoms with Crippen molar-refractivity contribution in [2.24, 2.45) is 5.41 Å². The zero-order valence-electron chi connectivity index (χ0n) is 10.6. The fourth-order valence-electron chi connectivity index (χ4n) is 2.11. The predicted octanol–water partition coefficient (Wildman–Crippen LogP) is -0.497. The third kappa shape index (κ3) is 5.21. The second-order valence-electron chi connectivity index (χ2n) is 5.14. The van der Waals surface area contributed by atoms with Crippen molar-refractivity contribution < 1.29 is 21.9 Å². The van der Waals surface area contributed by atoms with Crippen molar-refractivity contribution in [1.29, 1.82) is 0 Å². The third-order valence-electron chi connectivity index (χ3n) is 3.39. The molecule has 8 heteroatoms. The largest absolute Gasteiger partial charge is 0.396 e. The van der Waals surface area contributed by atoms with E-state index in [-0.39, 0.29) is 24.3 Å². The van der Waals surface area contributed by atoms with E-state index in [1.807, 2.05) is 0 Å². The number of rotatable bonds is 7. The van der Waals surface area contributed by atoms with Gasteiger partial charge in [-0.3, -0.25) is 0 Å². The van der Waals surface area contributed by atoms with Crippen LogP contribution in [0.5, 0.6) is 0 Å². The third-order valence-corrected chi connectivity index (χ3v) is 5.92. The number of hydrogen-bond acceptors (Lipinski definition) is 5. The van der Waals surface area contributed by atoms with E-state index in [0.717, 1.165) is 31.9 Å². The van der Waals surface area contributed by atoms with Crippen molar-refractivity contribution in [2.45, 2.75) is 25.7 Å². The highest BCUT2D eigenvalue weighted by Gasteiger charge is 2.34. The molecule has 0 aromatic rings. The topological polar surface area (TPSA) is 101 Å². The second-order valence-corrected chi connectivity index (χ2v) is 9.32. The van der Waals surface area contributed by atoms with Crippen molar-refractivity contribution in [3.05, 3.63) is 0 Å². The normalized spacial score (nSPS) is 20.1. The van der Waals surface area contributed by atoms with Gasteiger partial charge in [0, 0.05) is 24.8 Å². The molecule has 1 aliphatic rings. The lowest BCUT2D eigenvalue weighted by atomic mass is 9.88. The highest BCUT2D eigenvalue weighted by molar-refractivity contribution is 7.93. The second kappa shape index (κ2) is 5.85. The van der Waals surface area contributed by atoms with Gasteiger partial charge in [-0.15, -0.1) is 0 Å². The summed E-state index contributed by atoms with van der Waals surface area (Å²) >= 11 is 0. The fraction of sp³-hybridized carbons (Fsp3) is 1.00. The van der Waals surface area contributed by atoms with Crippen LogP contribution in [0.25, 0.3) is 0 Å². The molecule has 6 nitrogen and oxygen atoms in total. The molecule has 0 aromatic carbocycles. The molecule has 0 aliphatic heterocycles.